The van der Waals surface area contributed by atoms with Gasteiger partial charge in [0.15, 0.2) is 0 Å². The molecule has 0 aliphatic carbocycles. The van der Waals surface area contributed by atoms with Crippen molar-refractivity contribution in [1.29, 1.82) is 0 Å². The Morgan fingerprint density at radius 3 is 1.62 bits per heavy atom. The van der Waals surface area contributed by atoms with Gasteiger partial charge in [0.05, 0.1) is 0 Å². The molecule has 0 saturated carbocycles. The lowest BCUT2D eigenvalue weighted by Gasteiger charge is -2.12. The standard InChI is InChI=1S/C14H14N2/c15-16-11-14(12-7-3-1-4-8-12)13-9-5-2-6-10-13/h1-11,14H,15H2. The molecular formula is C14H14N2. The number of nitrogens with two attached hydrogens (primary N) is 1. The SMILES string of the molecule is NN=CC(c1ccccc1)c1ccccc1. The largest absolute Gasteiger partial charge is 0.324 e. The van der Waals surface area contributed by atoms with Crippen molar-refractivity contribution in [2.45, 2.75) is 5.92 Å². The minimum absolute atomic E-state index is 0.132. The predicted octanol–water partition coefficient (Wildman–Crippen LogP) is 2.76. The van der Waals surface area contributed by atoms with Gasteiger partial charge in [-0.25, -0.2) is 0 Å². The van der Waals surface area contributed by atoms with E-state index >= 15 is 0 Å². The minimum atomic E-state index is 0.132. The van der Waals surface area contributed by atoms with Crippen molar-refractivity contribution < 1.29 is 0 Å². The zero-order chi connectivity index (χ0) is 11.2. The fourth-order valence-electron chi connectivity index (χ4n) is 1.77. The maximum absolute atomic E-state index is 5.27. The summed E-state index contributed by atoms with van der Waals surface area (Å²) in [4.78, 5) is 0. The number of hydrogen-bond donors (Lipinski definition) is 1. The van der Waals surface area contributed by atoms with Crippen molar-refractivity contribution >= 4 is 6.21 Å². The molecule has 80 valence electrons. The van der Waals surface area contributed by atoms with Crippen LogP contribution in [-0.4, -0.2) is 6.21 Å². The van der Waals surface area contributed by atoms with Gasteiger partial charge < -0.3 is 5.84 Å². The Kier molecular flexibility index (Phi) is 3.34. The van der Waals surface area contributed by atoms with Gasteiger partial charge in [-0.3, -0.25) is 0 Å². The summed E-state index contributed by atoms with van der Waals surface area (Å²) < 4.78 is 0. The first-order chi connectivity index (χ1) is 7.92. The summed E-state index contributed by atoms with van der Waals surface area (Å²) in [6.45, 7) is 0. The maximum Gasteiger partial charge on any atom is 0.0460 e. The van der Waals surface area contributed by atoms with Crippen molar-refractivity contribution in [3.05, 3.63) is 71.8 Å². The molecule has 0 unspecified atom stereocenters. The van der Waals surface area contributed by atoms with E-state index in [4.69, 9.17) is 5.84 Å². The van der Waals surface area contributed by atoms with Crippen LogP contribution in [-0.2, 0) is 0 Å². The number of hydrogen-bond acceptors (Lipinski definition) is 2. The first-order valence-corrected chi connectivity index (χ1v) is 5.25. The quantitative estimate of drug-likeness (QED) is 0.472. The van der Waals surface area contributed by atoms with Crippen LogP contribution >= 0.6 is 0 Å². The first kappa shape index (κ1) is 10.4. The third-order valence-corrected chi connectivity index (χ3v) is 2.55. The Morgan fingerprint density at radius 2 is 1.25 bits per heavy atom. The number of rotatable bonds is 3. The van der Waals surface area contributed by atoms with Gasteiger partial charge >= 0.3 is 0 Å². The zero-order valence-electron chi connectivity index (χ0n) is 8.95. The minimum Gasteiger partial charge on any atom is -0.324 e. The molecule has 2 aromatic carbocycles. The first-order valence-electron chi connectivity index (χ1n) is 5.25. The molecule has 2 N–H and O–H groups in total. The highest BCUT2D eigenvalue weighted by molar-refractivity contribution is 5.72. The molecule has 0 radical (unpaired) electrons. The van der Waals surface area contributed by atoms with Gasteiger partial charge in [-0.2, -0.15) is 5.10 Å². The molecule has 0 fully saturated rings. The molecule has 0 saturated heterocycles. The highest BCUT2D eigenvalue weighted by atomic mass is 15.1. The second kappa shape index (κ2) is 5.12. The molecular weight excluding hydrogens is 196 g/mol. The molecule has 0 spiro atoms. The van der Waals surface area contributed by atoms with Gasteiger partial charge in [0.2, 0.25) is 0 Å². The Bertz CT molecular complexity index is 409. The van der Waals surface area contributed by atoms with Crippen LogP contribution in [0.15, 0.2) is 65.8 Å². The van der Waals surface area contributed by atoms with Gasteiger partial charge in [0.25, 0.3) is 0 Å². The lowest BCUT2D eigenvalue weighted by Crippen LogP contribution is -2.03. The van der Waals surface area contributed by atoms with Crippen molar-refractivity contribution in [2.24, 2.45) is 10.9 Å². The van der Waals surface area contributed by atoms with Crippen LogP contribution in [0.1, 0.15) is 17.0 Å². The van der Waals surface area contributed by atoms with E-state index in [1.807, 2.05) is 36.4 Å². The van der Waals surface area contributed by atoms with E-state index in [2.05, 4.69) is 29.4 Å². The van der Waals surface area contributed by atoms with Gasteiger partial charge in [-0.1, -0.05) is 60.7 Å². The van der Waals surface area contributed by atoms with Crippen molar-refractivity contribution in [2.75, 3.05) is 0 Å². The monoisotopic (exact) mass is 210 g/mol. The van der Waals surface area contributed by atoms with Crippen molar-refractivity contribution in [1.82, 2.24) is 0 Å². The lowest BCUT2D eigenvalue weighted by molar-refractivity contribution is 1.08. The fourth-order valence-corrected chi connectivity index (χ4v) is 1.77. The normalized spacial score (nSPS) is 11.1. The summed E-state index contributed by atoms with van der Waals surface area (Å²) in [7, 11) is 0. The number of hydrazone groups is 1. The topological polar surface area (TPSA) is 38.4 Å². The Hall–Kier alpha value is -2.09. The molecule has 0 aliphatic heterocycles. The third-order valence-electron chi connectivity index (χ3n) is 2.55. The highest BCUT2D eigenvalue weighted by Crippen LogP contribution is 2.22. The molecule has 2 heteroatoms. The molecule has 2 rings (SSSR count). The van der Waals surface area contributed by atoms with E-state index in [1.54, 1.807) is 6.21 Å². The summed E-state index contributed by atoms with van der Waals surface area (Å²) in [6, 6.07) is 20.4. The van der Waals surface area contributed by atoms with Crippen LogP contribution in [0.25, 0.3) is 0 Å². The summed E-state index contributed by atoms with van der Waals surface area (Å²) in [5, 5.41) is 3.66. The molecule has 0 bridgehead atoms. The smallest absolute Gasteiger partial charge is 0.0460 e. The molecule has 0 heterocycles. The molecule has 2 nitrogen and oxygen atoms in total. The van der Waals surface area contributed by atoms with Crippen LogP contribution < -0.4 is 5.84 Å². The van der Waals surface area contributed by atoms with Gasteiger partial charge in [-0.05, 0) is 11.1 Å². The van der Waals surface area contributed by atoms with Crippen LogP contribution in [0.5, 0.6) is 0 Å². The Balaban J connectivity index is 2.39. The third kappa shape index (κ3) is 2.28. The maximum atomic E-state index is 5.27. The Labute approximate surface area is 95.4 Å². The number of nitrogens with zero attached hydrogens (tertiary/aromatic N) is 1. The highest BCUT2D eigenvalue weighted by Gasteiger charge is 2.10. The molecule has 0 atom stereocenters. The summed E-state index contributed by atoms with van der Waals surface area (Å²) in [5.41, 5.74) is 2.39. The van der Waals surface area contributed by atoms with Gasteiger partial charge in [0, 0.05) is 12.1 Å². The van der Waals surface area contributed by atoms with Crippen LogP contribution in [0.2, 0.25) is 0 Å². The summed E-state index contributed by atoms with van der Waals surface area (Å²) in [6.07, 6.45) is 1.77. The average Bonchev–Trinajstić information content (AvgIpc) is 2.38. The van der Waals surface area contributed by atoms with Crippen molar-refractivity contribution in [3.8, 4) is 0 Å². The average molecular weight is 210 g/mol. The Morgan fingerprint density at radius 1 is 0.812 bits per heavy atom. The van der Waals surface area contributed by atoms with Crippen molar-refractivity contribution in [3.63, 3.8) is 0 Å². The van der Waals surface area contributed by atoms with E-state index in [0.717, 1.165) is 0 Å². The van der Waals surface area contributed by atoms with E-state index in [-0.39, 0.29) is 5.92 Å². The zero-order valence-corrected chi connectivity index (χ0v) is 8.95. The lowest BCUT2D eigenvalue weighted by atomic mass is 9.92. The molecule has 0 aliphatic rings. The fraction of sp³-hybridized carbons (Fsp3) is 0.0714. The molecule has 0 amide bonds. The van der Waals surface area contributed by atoms with E-state index in [0.29, 0.717) is 0 Å². The molecule has 16 heavy (non-hydrogen) atoms. The van der Waals surface area contributed by atoms with Crippen LogP contribution in [0, 0.1) is 0 Å². The molecule has 2 aromatic rings. The van der Waals surface area contributed by atoms with E-state index in [9.17, 15) is 0 Å². The van der Waals surface area contributed by atoms with Gasteiger partial charge in [0.1, 0.15) is 0 Å². The summed E-state index contributed by atoms with van der Waals surface area (Å²) >= 11 is 0. The van der Waals surface area contributed by atoms with E-state index in [1.165, 1.54) is 11.1 Å². The predicted molar refractivity (Wildman–Crippen MR) is 67.4 cm³/mol. The second-order valence-corrected chi connectivity index (χ2v) is 3.60. The molecule has 0 aromatic heterocycles. The van der Waals surface area contributed by atoms with Crippen LogP contribution in [0.4, 0.5) is 0 Å². The second-order valence-electron chi connectivity index (χ2n) is 3.60. The van der Waals surface area contributed by atoms with E-state index < -0.39 is 0 Å². The summed E-state index contributed by atoms with van der Waals surface area (Å²) in [5.74, 6) is 5.41. The number of benzene rings is 2. The van der Waals surface area contributed by atoms with Gasteiger partial charge in [-0.15, -0.1) is 0 Å². The van der Waals surface area contributed by atoms with Crippen LogP contribution in [0.3, 0.4) is 0 Å².